The third-order valence-corrected chi connectivity index (χ3v) is 19.6. The number of benzene rings is 2. The van der Waals surface area contributed by atoms with E-state index in [1.807, 2.05) is 11.4 Å². The Bertz CT molecular complexity index is 3930. The summed E-state index contributed by atoms with van der Waals surface area (Å²) < 4.78 is 137. The van der Waals surface area contributed by atoms with Crippen molar-refractivity contribution in [2.75, 3.05) is 134 Å². The average molecular weight is 1520 g/mol. The van der Waals surface area contributed by atoms with E-state index < -0.39 is 180 Å². The molecule has 1 saturated heterocycles. The van der Waals surface area contributed by atoms with Gasteiger partial charge in [0.05, 0.1) is 37.7 Å². The van der Waals surface area contributed by atoms with Crippen LogP contribution in [0.25, 0.3) is 0 Å². The zero-order valence-electron chi connectivity index (χ0n) is 55.6. The second kappa shape index (κ2) is 39.1. The van der Waals surface area contributed by atoms with Gasteiger partial charge in [-0.25, -0.2) is 13.4 Å². The number of carbonyl (C=O) groups is 10. The maximum atomic E-state index is 13.7. The maximum Gasteiger partial charge on any atom is 0.323 e. The molecule has 39 nitrogen and oxygen atoms in total. The summed E-state index contributed by atoms with van der Waals surface area (Å²) in [6.45, 7) is -0.658. The molecule has 2 aliphatic rings. The lowest BCUT2D eigenvalue weighted by molar-refractivity contribution is -0.140. The van der Waals surface area contributed by atoms with E-state index in [1.165, 1.54) is 51.1 Å². The van der Waals surface area contributed by atoms with Gasteiger partial charge in [0.1, 0.15) is 53.0 Å². The smallest absolute Gasteiger partial charge is 0.323 e. The van der Waals surface area contributed by atoms with Crippen LogP contribution in [0, 0.1) is 13.8 Å². The number of carbonyl (C=O) groups excluding carboxylic acids is 6. The van der Waals surface area contributed by atoms with Gasteiger partial charge < -0.3 is 62.4 Å². The summed E-state index contributed by atoms with van der Waals surface area (Å²) in [6, 6.07) is 4.38. The Balaban J connectivity index is 1.11. The number of nitrogens with zero attached hydrogens (tertiary/aromatic N) is 5. The fraction of sp³-hybridized carbons (Fsp3) is 0.542. The topological polar surface area (TPSA) is 580 Å². The molecule has 566 valence electrons. The van der Waals surface area contributed by atoms with Crippen molar-refractivity contribution < 1.29 is 120 Å². The quantitative estimate of drug-likeness (QED) is 0.0189. The first-order chi connectivity index (χ1) is 47.7. The SMILES string of the molecule is Cc1cc(OCCCC(=O)NCCNC(=O)[C@H](CS(=O)(=O)O)NC(=O)[C@H](CS(=O)(=O)O)NC(=O)[C@H](CS(=O)(=O)O)NC(=O)CN2CCN(CC(=O)O)CCN(CC(=O)O)CCN(CC(=O)O)CC2)cc(C)c1S(=O)(=O)N[C@@H](CNC(=O)c1ccc(CCc2ccc3c(n2)NCCC3)cc1)C(=O)O. The minimum absolute atomic E-state index is 0.0140. The van der Waals surface area contributed by atoms with Crippen molar-refractivity contribution in [2.24, 2.45) is 0 Å². The number of hydrogen-bond donors (Lipinski definition) is 15. The highest BCUT2D eigenvalue weighted by atomic mass is 32.2. The summed E-state index contributed by atoms with van der Waals surface area (Å²) in [5, 5.41) is 54.4. The molecule has 102 heavy (non-hydrogen) atoms. The van der Waals surface area contributed by atoms with E-state index in [0.29, 0.717) is 12.8 Å². The van der Waals surface area contributed by atoms with Gasteiger partial charge in [-0.1, -0.05) is 18.2 Å². The molecule has 0 spiro atoms. The predicted octanol–water partition coefficient (Wildman–Crippen LogP) is -5.01. The van der Waals surface area contributed by atoms with Gasteiger partial charge in [0.25, 0.3) is 36.3 Å². The first kappa shape index (κ1) is 84.0. The number of carboxylic acids is 4. The van der Waals surface area contributed by atoms with Crippen LogP contribution in [0.3, 0.4) is 0 Å². The van der Waals surface area contributed by atoms with Crippen molar-refractivity contribution in [3.8, 4) is 5.75 Å². The van der Waals surface area contributed by atoms with Crippen LogP contribution >= 0.6 is 0 Å². The number of ether oxygens (including phenoxy) is 1. The molecule has 3 aromatic rings. The number of aliphatic carboxylic acids is 4. The number of pyridine rings is 1. The number of aromatic nitrogens is 1. The summed E-state index contributed by atoms with van der Waals surface area (Å²) in [5.41, 5.74) is 3.54. The van der Waals surface area contributed by atoms with Crippen LogP contribution < -0.4 is 46.7 Å². The maximum absolute atomic E-state index is 13.7. The minimum atomic E-state index is -5.35. The first-order valence-corrected chi connectivity index (χ1v) is 38.0. The Labute approximate surface area is 587 Å². The molecule has 6 amide bonds. The van der Waals surface area contributed by atoms with Crippen molar-refractivity contribution >= 4 is 106 Å². The molecule has 1 fully saturated rings. The Morgan fingerprint density at radius 2 is 1.03 bits per heavy atom. The predicted molar refractivity (Wildman–Crippen MR) is 359 cm³/mol. The lowest BCUT2D eigenvalue weighted by atomic mass is 10.0. The molecule has 1 aromatic heterocycles. The number of sulfonamides is 1. The van der Waals surface area contributed by atoms with Gasteiger partial charge in [-0.05, 0) is 98.5 Å². The fourth-order valence-corrected chi connectivity index (χ4v) is 14.3. The standard InChI is InChI=1S/C59H85N13O26S4/c1-37-27-43(28-38(2)53(37)102(96,97)68-44(59(85)86)29-63-55(81)41-10-7-39(8-11-41)9-13-42-14-12-40-5-3-15-61-54(40)64-42)98-26-4-6-48(73)60-16-17-62-56(82)45(34-99(87,88)89)66-58(84)47(36-101(93,94)95)67-57(83)46(35-100(90,91)92)65-49(74)30-69-18-20-70(31-50(75)76)22-24-72(33-52(79)80)25-23-71(21-19-69)32-51(77)78/h7-8,10-12,14,27-28,44-47,68H,3-6,9,13,15-26,29-36H2,1-2H3,(H,60,73)(H,61,64)(H,62,82)(H,63,81)(H,65,74)(H,66,84)(H,67,83)(H,75,76)(H,77,78)(H,79,80)(H,85,86)(H,87,88,89)(H,90,91,92)(H,93,94,95)/t44-,45-,46-,47-/m0/s1. The third kappa shape index (κ3) is 30.9. The first-order valence-electron chi connectivity index (χ1n) is 31.6. The van der Waals surface area contributed by atoms with Crippen LogP contribution in [-0.2, 0) is 103 Å². The van der Waals surface area contributed by atoms with E-state index in [0.717, 1.165) is 36.5 Å². The summed E-state index contributed by atoms with van der Waals surface area (Å²) in [7, 11) is -20.4. The zero-order valence-corrected chi connectivity index (χ0v) is 58.8. The molecule has 0 aliphatic carbocycles. The van der Waals surface area contributed by atoms with Gasteiger partial charge in [0, 0.05) is 96.2 Å². The normalized spacial score (nSPS) is 15.9. The van der Waals surface area contributed by atoms with Crippen molar-refractivity contribution in [2.45, 2.75) is 81.4 Å². The molecular weight excluding hydrogens is 1430 g/mol. The number of nitrogens with one attached hydrogen (secondary N) is 8. The molecule has 43 heteroatoms. The van der Waals surface area contributed by atoms with Crippen molar-refractivity contribution in [1.29, 1.82) is 0 Å². The Hall–Kier alpha value is -8.63. The van der Waals surface area contributed by atoms with E-state index in [9.17, 15) is 116 Å². The van der Waals surface area contributed by atoms with Crippen LogP contribution in [0.15, 0.2) is 53.4 Å². The van der Waals surface area contributed by atoms with Gasteiger partial charge >= 0.3 is 23.9 Å². The number of amides is 6. The summed E-state index contributed by atoms with van der Waals surface area (Å²) >= 11 is 0. The number of carboxylic acid groups (broad SMARTS) is 4. The zero-order chi connectivity index (χ0) is 75.7. The number of hydrogen-bond acceptors (Lipinski definition) is 25. The van der Waals surface area contributed by atoms with Crippen molar-refractivity contribution in [3.63, 3.8) is 0 Å². The molecule has 5 rings (SSSR count). The highest BCUT2D eigenvalue weighted by molar-refractivity contribution is 7.89. The molecule has 0 unspecified atom stereocenters. The van der Waals surface area contributed by atoms with Crippen molar-refractivity contribution in [3.05, 3.63) is 82.0 Å². The van der Waals surface area contributed by atoms with Gasteiger partial charge in [-0.3, -0.25) is 81.2 Å². The van der Waals surface area contributed by atoms with Crippen molar-refractivity contribution in [1.82, 2.24) is 61.2 Å². The second-order valence-corrected chi connectivity index (χ2v) is 30.2. The van der Waals surface area contributed by atoms with E-state index in [4.69, 9.17) is 9.72 Å². The molecule has 15 N–H and O–H groups in total. The van der Waals surface area contributed by atoms with Crippen LogP contribution in [0.5, 0.6) is 5.75 Å². The molecule has 0 saturated carbocycles. The van der Waals surface area contributed by atoms with Gasteiger partial charge in [0.2, 0.25) is 39.6 Å². The largest absolute Gasteiger partial charge is 0.494 e. The van der Waals surface area contributed by atoms with E-state index in [2.05, 4.69) is 32.1 Å². The summed E-state index contributed by atoms with van der Waals surface area (Å²) in [6.07, 6.45) is 3.17. The minimum Gasteiger partial charge on any atom is -0.494 e. The monoisotopic (exact) mass is 1520 g/mol. The van der Waals surface area contributed by atoms with E-state index in [1.54, 1.807) is 34.9 Å². The summed E-state index contributed by atoms with van der Waals surface area (Å²) in [5.74, 6) is -16.7. The Morgan fingerprint density at radius 3 is 1.51 bits per heavy atom. The molecule has 4 atom stereocenters. The second-order valence-electron chi connectivity index (χ2n) is 24.0. The lowest BCUT2D eigenvalue weighted by Gasteiger charge is -2.33. The average Bonchev–Trinajstić information content (AvgIpc) is 0.790. The Morgan fingerprint density at radius 1 is 0.559 bits per heavy atom. The van der Waals surface area contributed by atoms with Gasteiger partial charge in [-0.15, -0.1) is 0 Å². The van der Waals surface area contributed by atoms with Gasteiger partial charge in [-0.2, -0.15) is 30.0 Å². The van der Waals surface area contributed by atoms with E-state index in [-0.39, 0.29) is 106 Å². The molecule has 2 aromatic carbocycles. The van der Waals surface area contributed by atoms with Crippen LogP contribution in [-0.4, -0.2) is 304 Å². The lowest BCUT2D eigenvalue weighted by Crippen LogP contribution is -2.60. The number of fused-ring (bicyclic) bond motifs is 1. The molecule has 0 radical (unpaired) electrons. The fourth-order valence-electron chi connectivity index (χ4n) is 10.7. The van der Waals surface area contributed by atoms with Crippen LogP contribution in [0.4, 0.5) is 5.82 Å². The Kier molecular flexibility index (Phi) is 32.2. The third-order valence-electron chi connectivity index (χ3n) is 15.6. The molecular formula is C59H85N13O26S4. The number of aryl methyl sites for hydroxylation is 5. The highest BCUT2D eigenvalue weighted by Gasteiger charge is 2.36. The van der Waals surface area contributed by atoms with Gasteiger partial charge in [0.15, 0.2) is 0 Å². The molecule has 2 aliphatic heterocycles. The van der Waals surface area contributed by atoms with E-state index >= 15 is 0 Å². The molecule has 0 bridgehead atoms. The summed E-state index contributed by atoms with van der Waals surface area (Å²) in [4.78, 5) is 137. The number of rotatable bonds is 38. The van der Waals surface area contributed by atoms with Crippen LogP contribution in [0.2, 0.25) is 0 Å². The highest BCUT2D eigenvalue weighted by Crippen LogP contribution is 2.27. The molecule has 3 heterocycles. The van der Waals surface area contributed by atoms with Crippen LogP contribution in [0.1, 0.15) is 57.6 Å². The number of anilines is 1.